The van der Waals surface area contributed by atoms with Crippen LogP contribution in [0.5, 0.6) is 0 Å². The van der Waals surface area contributed by atoms with Crippen LogP contribution in [-0.2, 0) is 24.5 Å². The number of rotatable bonds is 10. The van der Waals surface area contributed by atoms with E-state index in [0.29, 0.717) is 6.61 Å². The zero-order valence-corrected chi connectivity index (χ0v) is 13.0. The van der Waals surface area contributed by atoms with Crippen LogP contribution in [0, 0.1) is 0 Å². The fourth-order valence-electron chi connectivity index (χ4n) is 1.50. The van der Waals surface area contributed by atoms with Gasteiger partial charge in [0.05, 0.1) is 29.9 Å². The summed E-state index contributed by atoms with van der Waals surface area (Å²) < 4.78 is 16.0. The minimum Gasteiger partial charge on any atom is -0.450 e. The van der Waals surface area contributed by atoms with Gasteiger partial charge in [-0.1, -0.05) is 26.2 Å². The standard InChI is InChI=1S/C13H24N2O4S/c1-3-4-5-6-8-19-13(17)15-11(10-12(14)16)7-9-20(2)18/h7,9,11H,3-6,8,10H2,1-2H3,(H2,14,16)(H,15,17)/p+1/b9-7+/t11-,20?/m0/s1. The Morgan fingerprint density at radius 2 is 2.05 bits per heavy atom. The maximum atomic E-state index is 11.5. The number of ether oxygens (including phenoxy) is 1. The van der Waals surface area contributed by atoms with Gasteiger partial charge in [-0.2, -0.15) is 0 Å². The smallest absolute Gasteiger partial charge is 0.407 e. The largest absolute Gasteiger partial charge is 0.450 e. The molecule has 6 nitrogen and oxygen atoms in total. The molecule has 0 aliphatic heterocycles. The number of carbonyl (C=O) groups is 2. The van der Waals surface area contributed by atoms with E-state index in [1.54, 1.807) is 0 Å². The summed E-state index contributed by atoms with van der Waals surface area (Å²) in [6.07, 6.45) is 6.45. The number of carbonyl (C=O) groups excluding carboxylic acids is 2. The SMILES string of the molecule is CCCCCCOC(=O)N[C@@H](/C=C/[SH+](C)=O)CC(N)=O. The van der Waals surface area contributed by atoms with Crippen molar-refractivity contribution in [3.05, 3.63) is 11.5 Å². The highest BCUT2D eigenvalue weighted by molar-refractivity contribution is 7.87. The molecule has 0 bridgehead atoms. The molecule has 2 amide bonds. The minimum absolute atomic E-state index is 0.0510. The topological polar surface area (TPSA) is 98.5 Å². The summed E-state index contributed by atoms with van der Waals surface area (Å²) in [5, 5.41) is 3.95. The highest BCUT2D eigenvalue weighted by atomic mass is 32.2. The molecule has 7 heteroatoms. The van der Waals surface area contributed by atoms with E-state index < -0.39 is 28.8 Å². The molecule has 1 unspecified atom stereocenters. The number of unbranched alkanes of at least 4 members (excludes halogenated alkanes) is 3. The van der Waals surface area contributed by atoms with Crippen molar-refractivity contribution in [2.75, 3.05) is 12.9 Å². The normalized spacial score (nSPS) is 13.9. The van der Waals surface area contributed by atoms with Crippen LogP contribution in [0.15, 0.2) is 11.5 Å². The zero-order chi connectivity index (χ0) is 15.4. The first-order valence-electron chi connectivity index (χ1n) is 6.75. The molecule has 2 atom stereocenters. The Bertz CT molecular complexity index is 358. The van der Waals surface area contributed by atoms with Crippen molar-refractivity contribution in [2.24, 2.45) is 5.73 Å². The molecule has 0 spiro atoms. The summed E-state index contributed by atoms with van der Waals surface area (Å²) in [4.78, 5) is 22.4. The van der Waals surface area contributed by atoms with Crippen LogP contribution < -0.4 is 11.1 Å². The van der Waals surface area contributed by atoms with Gasteiger partial charge < -0.3 is 15.8 Å². The van der Waals surface area contributed by atoms with E-state index in [2.05, 4.69) is 12.2 Å². The second-order valence-electron chi connectivity index (χ2n) is 4.51. The fraction of sp³-hybridized carbons (Fsp3) is 0.692. The molecule has 0 aliphatic rings. The first-order chi connectivity index (χ1) is 9.45. The predicted octanol–water partition coefficient (Wildman–Crippen LogP) is 1.38. The van der Waals surface area contributed by atoms with Crippen molar-refractivity contribution in [1.82, 2.24) is 5.32 Å². The average molecular weight is 305 g/mol. The first-order valence-corrected chi connectivity index (χ1v) is 8.53. The Kier molecular flexibility index (Phi) is 10.7. The maximum absolute atomic E-state index is 11.5. The summed E-state index contributed by atoms with van der Waals surface area (Å²) >= 11 is 0. The highest BCUT2D eigenvalue weighted by Crippen LogP contribution is 2.00. The lowest BCUT2D eigenvalue weighted by Crippen LogP contribution is -2.37. The van der Waals surface area contributed by atoms with Crippen LogP contribution in [0.3, 0.4) is 0 Å². The second-order valence-corrected chi connectivity index (χ2v) is 5.90. The Labute approximate surface area is 122 Å². The van der Waals surface area contributed by atoms with Crippen LogP contribution in [0.25, 0.3) is 0 Å². The van der Waals surface area contributed by atoms with Gasteiger partial charge in [0.25, 0.3) is 0 Å². The van der Waals surface area contributed by atoms with Crippen LogP contribution >= 0.6 is 0 Å². The van der Waals surface area contributed by atoms with Crippen molar-refractivity contribution in [3.63, 3.8) is 0 Å². The van der Waals surface area contributed by atoms with E-state index in [1.165, 1.54) is 17.7 Å². The molecule has 3 N–H and O–H groups in total. The molecule has 20 heavy (non-hydrogen) atoms. The maximum Gasteiger partial charge on any atom is 0.407 e. The van der Waals surface area contributed by atoms with Crippen molar-refractivity contribution in [1.29, 1.82) is 0 Å². The minimum atomic E-state index is -1.48. The lowest BCUT2D eigenvalue weighted by atomic mass is 10.2. The quantitative estimate of drug-likeness (QED) is 0.362. The van der Waals surface area contributed by atoms with E-state index in [0.717, 1.165) is 25.7 Å². The number of primary amides is 1. The van der Waals surface area contributed by atoms with Crippen LogP contribution in [0.4, 0.5) is 4.79 Å². The molecule has 0 aromatic rings. The van der Waals surface area contributed by atoms with E-state index >= 15 is 0 Å². The van der Waals surface area contributed by atoms with Gasteiger partial charge in [0.15, 0.2) is 0 Å². The monoisotopic (exact) mass is 305 g/mol. The lowest BCUT2D eigenvalue weighted by Gasteiger charge is -2.12. The van der Waals surface area contributed by atoms with Crippen LogP contribution in [-0.4, -0.2) is 30.9 Å². The van der Waals surface area contributed by atoms with Gasteiger partial charge in [0.1, 0.15) is 11.7 Å². The van der Waals surface area contributed by atoms with E-state index in [4.69, 9.17) is 10.5 Å². The van der Waals surface area contributed by atoms with E-state index in [-0.39, 0.29) is 6.42 Å². The van der Waals surface area contributed by atoms with Crippen molar-refractivity contribution in [2.45, 2.75) is 45.1 Å². The van der Waals surface area contributed by atoms with E-state index in [9.17, 15) is 13.8 Å². The molecule has 116 valence electrons. The highest BCUT2D eigenvalue weighted by Gasteiger charge is 2.13. The summed E-state index contributed by atoms with van der Waals surface area (Å²) in [6.45, 7) is 2.45. The van der Waals surface area contributed by atoms with Crippen molar-refractivity contribution < 1.29 is 18.5 Å². The summed E-state index contributed by atoms with van der Waals surface area (Å²) in [5.41, 5.74) is 5.09. The molecule has 0 heterocycles. The molecule has 0 radical (unpaired) electrons. The zero-order valence-electron chi connectivity index (χ0n) is 12.1. The molecule has 0 saturated heterocycles. The number of nitrogens with two attached hydrogens (primary N) is 1. The van der Waals surface area contributed by atoms with Gasteiger partial charge in [-0.15, -0.1) is 4.21 Å². The fourth-order valence-corrected chi connectivity index (χ4v) is 1.95. The number of thiol groups is 1. The Morgan fingerprint density at radius 1 is 1.35 bits per heavy atom. The van der Waals surface area contributed by atoms with Crippen LogP contribution in [0.2, 0.25) is 0 Å². The van der Waals surface area contributed by atoms with Crippen LogP contribution in [0.1, 0.15) is 39.0 Å². The summed E-state index contributed by atoms with van der Waals surface area (Å²) in [6, 6.07) is -0.588. The Hall–Kier alpha value is -1.37. The first kappa shape index (κ1) is 18.6. The molecule has 0 aromatic carbocycles. The summed E-state index contributed by atoms with van der Waals surface area (Å²) in [5.74, 6) is -0.547. The number of amides is 2. The Morgan fingerprint density at radius 3 is 2.60 bits per heavy atom. The number of nitrogens with one attached hydrogen (secondary N) is 1. The third-order valence-corrected chi connectivity index (χ3v) is 3.08. The summed E-state index contributed by atoms with van der Waals surface area (Å²) in [7, 11) is -1.48. The molecular formula is C13H25N2O4S+. The third-order valence-electron chi connectivity index (χ3n) is 2.48. The molecular weight excluding hydrogens is 280 g/mol. The van der Waals surface area contributed by atoms with Gasteiger partial charge >= 0.3 is 6.09 Å². The molecule has 0 rings (SSSR count). The predicted molar refractivity (Wildman–Crippen MR) is 80.7 cm³/mol. The number of hydrogen-bond donors (Lipinski definition) is 2. The third kappa shape index (κ3) is 11.7. The van der Waals surface area contributed by atoms with Gasteiger partial charge in [0, 0.05) is 0 Å². The van der Waals surface area contributed by atoms with Gasteiger partial charge in [-0.05, 0) is 12.5 Å². The van der Waals surface area contributed by atoms with E-state index in [1.807, 2.05) is 0 Å². The molecule has 0 saturated carbocycles. The average Bonchev–Trinajstić information content (AvgIpc) is 2.35. The number of alkyl carbamates (subject to hydrolysis) is 1. The van der Waals surface area contributed by atoms with Crippen molar-refractivity contribution in [3.8, 4) is 0 Å². The Balaban J connectivity index is 4.11. The number of hydrogen-bond acceptors (Lipinski definition) is 4. The molecule has 0 fully saturated rings. The molecule has 0 aromatic heterocycles. The van der Waals surface area contributed by atoms with Crippen molar-refractivity contribution >= 4 is 22.8 Å². The second kappa shape index (κ2) is 11.5. The van der Waals surface area contributed by atoms with Gasteiger partial charge in [-0.3, -0.25) is 4.79 Å². The lowest BCUT2D eigenvalue weighted by molar-refractivity contribution is -0.118. The van der Waals surface area contributed by atoms with Gasteiger partial charge in [0.2, 0.25) is 5.91 Å². The molecule has 0 aliphatic carbocycles. The van der Waals surface area contributed by atoms with Gasteiger partial charge in [-0.25, -0.2) is 4.79 Å².